The standard InChI is InChI=1S/C32H20BN3OS/c1-3-11-21(12-4-1)32-34-19-23(20-35-32)36-28-24-15-7-9-17-26(24)37-30(28)33(22-13-5-2-6-14-22)31-29(36)25-16-8-10-18-27(25)38-31/h1-20H. The number of anilines is 3. The SMILES string of the molecule is c1ccc(B2c3oc4ccccc4c3N(c3cnc(-c4ccccc4)nc3)c3c2sc2ccccc32)cc1. The number of hydrogen-bond donors (Lipinski definition) is 0. The van der Waals surface area contributed by atoms with Crippen LogP contribution in [0.1, 0.15) is 0 Å². The molecular formula is C32H20BN3OS. The number of aromatic nitrogens is 2. The van der Waals surface area contributed by atoms with Crippen LogP contribution in [-0.2, 0) is 0 Å². The van der Waals surface area contributed by atoms with Crippen LogP contribution in [0.25, 0.3) is 32.4 Å². The Kier molecular flexibility index (Phi) is 4.75. The van der Waals surface area contributed by atoms with Crippen molar-refractivity contribution in [1.82, 2.24) is 9.97 Å². The summed E-state index contributed by atoms with van der Waals surface area (Å²) in [6.45, 7) is -0.00763. The third-order valence-electron chi connectivity index (χ3n) is 7.22. The van der Waals surface area contributed by atoms with Crippen LogP contribution in [-0.4, -0.2) is 16.7 Å². The number of rotatable bonds is 3. The molecule has 0 N–H and O–H groups in total. The molecule has 178 valence electrons. The fourth-order valence-electron chi connectivity index (χ4n) is 5.56. The molecule has 0 amide bonds. The van der Waals surface area contributed by atoms with Crippen molar-refractivity contribution in [1.29, 1.82) is 0 Å². The van der Waals surface area contributed by atoms with Gasteiger partial charge in [0.15, 0.2) is 5.82 Å². The lowest BCUT2D eigenvalue weighted by molar-refractivity contribution is 0.651. The van der Waals surface area contributed by atoms with Gasteiger partial charge in [0.25, 0.3) is 0 Å². The van der Waals surface area contributed by atoms with Gasteiger partial charge >= 0.3 is 6.71 Å². The Labute approximate surface area is 223 Å². The number of benzene rings is 4. The number of para-hydroxylation sites is 1. The van der Waals surface area contributed by atoms with Gasteiger partial charge in [0.2, 0.25) is 0 Å². The Bertz CT molecular complexity index is 1850. The molecule has 6 heteroatoms. The van der Waals surface area contributed by atoms with Crippen LogP contribution in [0.2, 0.25) is 0 Å². The van der Waals surface area contributed by atoms with Crippen LogP contribution >= 0.6 is 11.3 Å². The first kappa shape index (κ1) is 21.4. The molecule has 0 radical (unpaired) electrons. The lowest BCUT2D eigenvalue weighted by Crippen LogP contribution is -2.55. The van der Waals surface area contributed by atoms with Gasteiger partial charge in [0.05, 0.1) is 29.5 Å². The number of fused-ring (bicyclic) bond motifs is 6. The van der Waals surface area contributed by atoms with Crippen molar-refractivity contribution in [3.8, 4) is 11.4 Å². The molecular weight excluding hydrogens is 485 g/mol. The van der Waals surface area contributed by atoms with Gasteiger partial charge in [-0.2, -0.15) is 0 Å². The van der Waals surface area contributed by atoms with E-state index in [4.69, 9.17) is 14.4 Å². The van der Waals surface area contributed by atoms with E-state index in [2.05, 4.69) is 77.7 Å². The van der Waals surface area contributed by atoms with Gasteiger partial charge in [-0.05, 0) is 18.2 Å². The average molecular weight is 505 g/mol. The second kappa shape index (κ2) is 8.43. The lowest BCUT2D eigenvalue weighted by atomic mass is 9.40. The summed E-state index contributed by atoms with van der Waals surface area (Å²) in [5, 5.41) is 2.30. The van der Waals surface area contributed by atoms with Crippen molar-refractivity contribution in [3.05, 3.63) is 122 Å². The van der Waals surface area contributed by atoms with E-state index in [0.717, 1.165) is 33.6 Å². The van der Waals surface area contributed by atoms with E-state index in [1.165, 1.54) is 26.0 Å². The highest BCUT2D eigenvalue weighted by atomic mass is 32.1. The maximum Gasteiger partial charge on any atom is 0.305 e. The van der Waals surface area contributed by atoms with Gasteiger partial charge in [-0.1, -0.05) is 96.5 Å². The third kappa shape index (κ3) is 3.17. The molecule has 4 heterocycles. The Morgan fingerprint density at radius 1 is 0.658 bits per heavy atom. The van der Waals surface area contributed by atoms with E-state index in [9.17, 15) is 0 Å². The molecule has 38 heavy (non-hydrogen) atoms. The quantitative estimate of drug-likeness (QED) is 0.261. The van der Waals surface area contributed by atoms with Gasteiger partial charge in [-0.3, -0.25) is 0 Å². The van der Waals surface area contributed by atoms with Crippen molar-refractivity contribution in [3.63, 3.8) is 0 Å². The predicted molar refractivity (Wildman–Crippen MR) is 158 cm³/mol. The Morgan fingerprint density at radius 3 is 2.11 bits per heavy atom. The molecule has 0 atom stereocenters. The molecule has 7 aromatic rings. The maximum absolute atomic E-state index is 6.68. The van der Waals surface area contributed by atoms with Crippen molar-refractivity contribution in [2.45, 2.75) is 0 Å². The van der Waals surface area contributed by atoms with Crippen molar-refractivity contribution in [2.75, 3.05) is 4.90 Å². The zero-order chi connectivity index (χ0) is 25.1. The highest BCUT2D eigenvalue weighted by Crippen LogP contribution is 2.45. The zero-order valence-electron chi connectivity index (χ0n) is 20.3. The molecule has 8 rings (SSSR count). The molecule has 3 aromatic heterocycles. The predicted octanol–water partition coefficient (Wildman–Crippen LogP) is 6.40. The summed E-state index contributed by atoms with van der Waals surface area (Å²) in [5.41, 5.74) is 7.19. The molecule has 0 unspecified atom stereocenters. The minimum absolute atomic E-state index is 0.00763. The van der Waals surface area contributed by atoms with Crippen LogP contribution in [0.5, 0.6) is 0 Å². The molecule has 0 bridgehead atoms. The largest absolute Gasteiger partial charge is 0.468 e. The van der Waals surface area contributed by atoms with Crippen molar-refractivity contribution < 1.29 is 4.42 Å². The van der Waals surface area contributed by atoms with Gasteiger partial charge in [-0.15, -0.1) is 11.3 Å². The highest BCUT2D eigenvalue weighted by Gasteiger charge is 2.42. The van der Waals surface area contributed by atoms with Crippen LogP contribution in [0, 0.1) is 0 Å². The first-order chi connectivity index (χ1) is 18.9. The zero-order valence-corrected chi connectivity index (χ0v) is 21.1. The number of thiophene rings is 1. The Balaban J connectivity index is 1.43. The normalized spacial score (nSPS) is 12.6. The monoisotopic (exact) mass is 505 g/mol. The van der Waals surface area contributed by atoms with Crippen LogP contribution in [0.3, 0.4) is 0 Å². The summed E-state index contributed by atoms with van der Waals surface area (Å²) >= 11 is 1.83. The van der Waals surface area contributed by atoms with Crippen molar-refractivity contribution >= 4 is 72.1 Å². The van der Waals surface area contributed by atoms with Gasteiger partial charge < -0.3 is 9.32 Å². The summed E-state index contributed by atoms with van der Waals surface area (Å²) < 4.78 is 9.19. The first-order valence-corrected chi connectivity index (χ1v) is 13.4. The molecule has 4 nitrogen and oxygen atoms in total. The van der Waals surface area contributed by atoms with Crippen LogP contribution < -0.4 is 20.8 Å². The summed E-state index contributed by atoms with van der Waals surface area (Å²) in [4.78, 5) is 11.9. The second-order valence-corrected chi connectivity index (χ2v) is 10.5. The molecule has 0 saturated heterocycles. The van der Waals surface area contributed by atoms with Gasteiger partial charge in [-0.25, -0.2) is 9.97 Å². The number of furan rings is 1. The van der Waals surface area contributed by atoms with E-state index < -0.39 is 0 Å². The highest BCUT2D eigenvalue weighted by molar-refractivity contribution is 7.33. The first-order valence-electron chi connectivity index (χ1n) is 12.6. The van der Waals surface area contributed by atoms with E-state index >= 15 is 0 Å². The molecule has 0 spiro atoms. The topological polar surface area (TPSA) is 42.2 Å². The second-order valence-electron chi connectivity index (χ2n) is 9.43. The Hall–Kier alpha value is -4.68. The summed E-state index contributed by atoms with van der Waals surface area (Å²) in [7, 11) is 0. The fourth-order valence-corrected chi connectivity index (χ4v) is 6.88. The molecule has 1 aliphatic heterocycles. The molecule has 4 aromatic carbocycles. The third-order valence-corrected chi connectivity index (χ3v) is 8.45. The minimum atomic E-state index is -0.00763. The van der Waals surface area contributed by atoms with Crippen LogP contribution in [0.15, 0.2) is 126 Å². The van der Waals surface area contributed by atoms with Gasteiger partial charge in [0.1, 0.15) is 11.2 Å². The van der Waals surface area contributed by atoms with E-state index in [1.807, 2.05) is 60.1 Å². The smallest absolute Gasteiger partial charge is 0.305 e. The molecule has 0 fully saturated rings. The molecule has 0 aliphatic carbocycles. The Morgan fingerprint density at radius 2 is 1.32 bits per heavy atom. The summed E-state index contributed by atoms with van der Waals surface area (Å²) in [6.07, 6.45) is 3.86. The summed E-state index contributed by atoms with van der Waals surface area (Å²) in [5.74, 6) is 0.709. The van der Waals surface area contributed by atoms with Crippen molar-refractivity contribution in [2.24, 2.45) is 0 Å². The minimum Gasteiger partial charge on any atom is -0.468 e. The van der Waals surface area contributed by atoms with E-state index in [0.29, 0.717) is 5.82 Å². The van der Waals surface area contributed by atoms with E-state index in [1.54, 1.807) is 0 Å². The number of nitrogens with zero attached hydrogens (tertiary/aromatic N) is 3. The van der Waals surface area contributed by atoms with Crippen LogP contribution in [0.4, 0.5) is 17.1 Å². The molecule has 1 aliphatic rings. The van der Waals surface area contributed by atoms with E-state index in [-0.39, 0.29) is 6.71 Å². The summed E-state index contributed by atoms with van der Waals surface area (Å²) in [6, 6.07) is 37.7. The molecule has 0 saturated carbocycles. The van der Waals surface area contributed by atoms with Gasteiger partial charge in [0, 0.05) is 25.8 Å². The average Bonchev–Trinajstić information content (AvgIpc) is 3.56. The fraction of sp³-hybridized carbons (Fsp3) is 0. The maximum atomic E-state index is 6.68. The lowest BCUT2D eigenvalue weighted by Gasteiger charge is -2.32. The number of hydrogen-bond acceptors (Lipinski definition) is 5.